The Labute approximate surface area is 117 Å². The van der Waals surface area contributed by atoms with E-state index in [-0.39, 0.29) is 5.75 Å². The van der Waals surface area contributed by atoms with Gasteiger partial charge in [0.25, 0.3) is 0 Å². The van der Waals surface area contributed by atoms with E-state index in [0.29, 0.717) is 5.39 Å². The normalized spacial score (nSPS) is 10.9. The summed E-state index contributed by atoms with van der Waals surface area (Å²) < 4.78 is 41.2. The summed E-state index contributed by atoms with van der Waals surface area (Å²) in [6, 6.07) is 10.2. The first-order valence-electron chi connectivity index (χ1n) is 6.77. The van der Waals surface area contributed by atoms with Crippen molar-refractivity contribution >= 4 is 10.8 Å². The predicted molar refractivity (Wildman–Crippen MR) is 76.0 cm³/mol. The molecule has 0 atom stereocenters. The van der Waals surface area contributed by atoms with Gasteiger partial charge in [0.05, 0.1) is 0 Å². The van der Waals surface area contributed by atoms with E-state index < -0.39 is 6.36 Å². The van der Waals surface area contributed by atoms with Crippen LogP contribution in [-0.4, -0.2) is 6.36 Å². The van der Waals surface area contributed by atoms with Gasteiger partial charge in [-0.05, 0) is 23.4 Å². The maximum atomic E-state index is 12.4. The summed E-state index contributed by atoms with van der Waals surface area (Å²) in [7, 11) is 0. The number of halogens is 3. The van der Waals surface area contributed by atoms with Crippen molar-refractivity contribution in [2.24, 2.45) is 0 Å². The van der Waals surface area contributed by atoms with E-state index in [1.165, 1.54) is 6.07 Å². The van der Waals surface area contributed by atoms with Crippen molar-refractivity contribution in [3.05, 3.63) is 42.0 Å². The number of hydrogen-bond donors (Lipinski definition) is 0. The Hall–Kier alpha value is -1.71. The number of benzene rings is 2. The van der Waals surface area contributed by atoms with Crippen LogP contribution < -0.4 is 4.74 Å². The highest BCUT2D eigenvalue weighted by Crippen LogP contribution is 2.33. The zero-order chi connectivity index (χ0) is 15.2. The van der Waals surface area contributed by atoms with Crippen molar-refractivity contribution in [3.63, 3.8) is 0 Å². The summed E-state index contributed by atoms with van der Waals surface area (Å²) in [6.07, 6.45) is -3.05. The van der Waals surface area contributed by atoms with E-state index in [4.69, 9.17) is 0 Å². The SMILES string of the molecule is CC.CCCc1cccc2cccc(OC(F)(F)F)c12. The van der Waals surface area contributed by atoms with Crippen LogP contribution in [0.3, 0.4) is 0 Å². The Kier molecular flexibility index (Phi) is 5.86. The first kappa shape index (κ1) is 16.3. The highest BCUT2D eigenvalue weighted by atomic mass is 19.4. The van der Waals surface area contributed by atoms with Crippen LogP contribution in [0.5, 0.6) is 5.75 Å². The predicted octanol–water partition coefficient (Wildman–Crippen LogP) is 5.72. The van der Waals surface area contributed by atoms with Gasteiger partial charge in [0.2, 0.25) is 0 Å². The van der Waals surface area contributed by atoms with Crippen molar-refractivity contribution in [1.82, 2.24) is 0 Å². The summed E-state index contributed by atoms with van der Waals surface area (Å²) in [6.45, 7) is 5.99. The van der Waals surface area contributed by atoms with Crippen LogP contribution >= 0.6 is 0 Å². The molecule has 110 valence electrons. The lowest BCUT2D eigenvalue weighted by Gasteiger charge is -2.13. The molecule has 2 aromatic carbocycles. The molecule has 0 aliphatic rings. The van der Waals surface area contributed by atoms with Gasteiger partial charge in [-0.25, -0.2) is 0 Å². The summed E-state index contributed by atoms with van der Waals surface area (Å²) >= 11 is 0. The highest BCUT2D eigenvalue weighted by molar-refractivity contribution is 5.91. The molecule has 0 heterocycles. The Morgan fingerprint density at radius 1 is 1.00 bits per heavy atom. The van der Waals surface area contributed by atoms with E-state index in [9.17, 15) is 13.2 Å². The Bertz CT molecular complexity index is 542. The summed E-state index contributed by atoms with van der Waals surface area (Å²) in [4.78, 5) is 0. The van der Waals surface area contributed by atoms with Crippen LogP contribution in [0.1, 0.15) is 32.8 Å². The van der Waals surface area contributed by atoms with Crippen LogP contribution in [0.4, 0.5) is 13.2 Å². The molecule has 0 spiro atoms. The van der Waals surface area contributed by atoms with Crippen LogP contribution in [0, 0.1) is 0 Å². The third-order valence-corrected chi connectivity index (χ3v) is 2.70. The molecule has 0 unspecified atom stereocenters. The minimum Gasteiger partial charge on any atom is -0.405 e. The first-order chi connectivity index (χ1) is 9.51. The van der Waals surface area contributed by atoms with Crippen molar-refractivity contribution in [3.8, 4) is 5.75 Å². The van der Waals surface area contributed by atoms with Crippen molar-refractivity contribution < 1.29 is 17.9 Å². The van der Waals surface area contributed by atoms with E-state index in [1.54, 1.807) is 18.2 Å². The largest absolute Gasteiger partial charge is 0.573 e. The quantitative estimate of drug-likeness (QED) is 0.700. The van der Waals surface area contributed by atoms with Gasteiger partial charge in [0, 0.05) is 5.39 Å². The number of fused-ring (bicyclic) bond motifs is 1. The van der Waals surface area contributed by atoms with Gasteiger partial charge >= 0.3 is 6.36 Å². The smallest absolute Gasteiger partial charge is 0.405 e. The molecule has 0 bridgehead atoms. The second-order valence-corrected chi connectivity index (χ2v) is 4.07. The van der Waals surface area contributed by atoms with E-state index in [0.717, 1.165) is 23.8 Å². The molecule has 0 radical (unpaired) electrons. The molecule has 0 fully saturated rings. The molecule has 0 saturated heterocycles. The second kappa shape index (κ2) is 7.17. The van der Waals surface area contributed by atoms with Crippen molar-refractivity contribution in [1.29, 1.82) is 0 Å². The van der Waals surface area contributed by atoms with Gasteiger partial charge in [-0.15, -0.1) is 13.2 Å². The molecule has 0 aliphatic carbocycles. The molecule has 2 aromatic rings. The van der Waals surface area contributed by atoms with Gasteiger partial charge in [0.15, 0.2) is 0 Å². The summed E-state index contributed by atoms with van der Waals surface area (Å²) in [5, 5.41) is 1.32. The molecule has 0 aromatic heterocycles. The molecule has 20 heavy (non-hydrogen) atoms. The van der Waals surface area contributed by atoms with Gasteiger partial charge in [-0.2, -0.15) is 0 Å². The lowest BCUT2D eigenvalue weighted by atomic mass is 10.0. The zero-order valence-electron chi connectivity index (χ0n) is 11.9. The topological polar surface area (TPSA) is 9.23 Å². The fourth-order valence-electron chi connectivity index (χ4n) is 2.07. The maximum absolute atomic E-state index is 12.4. The maximum Gasteiger partial charge on any atom is 0.573 e. The number of alkyl halides is 3. The third-order valence-electron chi connectivity index (χ3n) is 2.70. The minimum atomic E-state index is -4.66. The monoisotopic (exact) mass is 284 g/mol. The average molecular weight is 284 g/mol. The van der Waals surface area contributed by atoms with Crippen LogP contribution in [-0.2, 0) is 6.42 Å². The van der Waals surface area contributed by atoms with Gasteiger partial charge < -0.3 is 4.74 Å². The Morgan fingerprint density at radius 3 is 2.15 bits per heavy atom. The second-order valence-electron chi connectivity index (χ2n) is 4.07. The molecule has 0 aliphatic heterocycles. The molecular formula is C16H19F3O. The standard InChI is InChI=1S/C14H13F3O.C2H6/c1-2-5-10-6-3-7-11-8-4-9-12(13(10)11)18-14(15,16)17;1-2/h3-4,6-9H,2,5H2,1H3;1-2H3. The van der Waals surface area contributed by atoms with Gasteiger partial charge in [0.1, 0.15) is 5.75 Å². The van der Waals surface area contributed by atoms with Crippen molar-refractivity contribution in [2.45, 2.75) is 40.0 Å². The highest BCUT2D eigenvalue weighted by Gasteiger charge is 2.32. The molecule has 0 saturated carbocycles. The number of ether oxygens (including phenoxy) is 1. The van der Waals surface area contributed by atoms with Gasteiger partial charge in [-0.3, -0.25) is 0 Å². The van der Waals surface area contributed by atoms with Crippen LogP contribution in [0.25, 0.3) is 10.8 Å². The fourth-order valence-corrected chi connectivity index (χ4v) is 2.07. The summed E-state index contributed by atoms with van der Waals surface area (Å²) in [5.41, 5.74) is 0.884. The zero-order valence-corrected chi connectivity index (χ0v) is 11.9. The fraction of sp³-hybridized carbons (Fsp3) is 0.375. The number of hydrogen-bond acceptors (Lipinski definition) is 1. The van der Waals surface area contributed by atoms with E-state index >= 15 is 0 Å². The molecule has 4 heteroatoms. The molecule has 0 amide bonds. The first-order valence-corrected chi connectivity index (χ1v) is 6.77. The lowest BCUT2D eigenvalue weighted by molar-refractivity contribution is -0.274. The number of rotatable bonds is 3. The molecule has 1 nitrogen and oxygen atoms in total. The average Bonchev–Trinajstić information content (AvgIpc) is 2.40. The number of aryl methyl sites for hydroxylation is 1. The van der Waals surface area contributed by atoms with Crippen LogP contribution in [0.2, 0.25) is 0 Å². The van der Waals surface area contributed by atoms with Gasteiger partial charge in [-0.1, -0.05) is 57.5 Å². The molecular weight excluding hydrogens is 265 g/mol. The third kappa shape index (κ3) is 4.15. The molecule has 2 rings (SSSR count). The van der Waals surface area contributed by atoms with Crippen LogP contribution in [0.15, 0.2) is 36.4 Å². The van der Waals surface area contributed by atoms with E-state index in [1.807, 2.05) is 32.9 Å². The molecule has 0 N–H and O–H groups in total. The summed E-state index contributed by atoms with van der Waals surface area (Å²) in [5.74, 6) is -0.121. The lowest BCUT2D eigenvalue weighted by Crippen LogP contribution is -2.17. The minimum absolute atomic E-state index is 0.121. The van der Waals surface area contributed by atoms with E-state index in [2.05, 4.69) is 4.74 Å². The Morgan fingerprint density at radius 2 is 1.60 bits per heavy atom. The Balaban J connectivity index is 0.000000956. The van der Waals surface area contributed by atoms with Crippen molar-refractivity contribution in [2.75, 3.05) is 0 Å².